The molecule has 3 N–H and O–H groups in total. The zero-order valence-corrected chi connectivity index (χ0v) is 9.83. The minimum absolute atomic E-state index is 0.823. The summed E-state index contributed by atoms with van der Waals surface area (Å²) in [7, 11) is 0. The number of hydrogen-bond acceptors (Lipinski definition) is 3. The van der Waals surface area contributed by atoms with Gasteiger partial charge in [-0.2, -0.15) is 5.10 Å². The molecule has 2 aromatic rings. The first kappa shape index (κ1) is 10.8. The van der Waals surface area contributed by atoms with Crippen molar-refractivity contribution in [3.8, 4) is 0 Å². The Morgan fingerprint density at radius 3 is 2.88 bits per heavy atom. The Hall–Kier alpha value is -1.71. The molecule has 2 rings (SSSR count). The Bertz CT molecular complexity index is 475. The van der Waals surface area contributed by atoms with Crippen LogP contribution in [0.1, 0.15) is 20.3 Å². The predicted molar refractivity (Wildman–Crippen MR) is 68.7 cm³/mol. The molecule has 1 heterocycles. The summed E-state index contributed by atoms with van der Waals surface area (Å²) in [6, 6.07) is 4.06. The van der Waals surface area contributed by atoms with Crippen LogP contribution in [0.15, 0.2) is 18.3 Å². The van der Waals surface area contributed by atoms with Crippen molar-refractivity contribution in [3.05, 3.63) is 18.3 Å². The van der Waals surface area contributed by atoms with Gasteiger partial charge in [-0.25, -0.2) is 0 Å². The highest BCUT2D eigenvalue weighted by Gasteiger charge is 2.09. The molecule has 1 aromatic carbocycles. The number of anilines is 2. The second-order valence-corrected chi connectivity index (χ2v) is 3.95. The molecule has 0 saturated carbocycles. The molecule has 0 atom stereocenters. The molecule has 0 aliphatic rings. The fourth-order valence-electron chi connectivity index (χ4n) is 1.99. The maximum Gasteiger partial charge on any atom is 0.0672 e. The van der Waals surface area contributed by atoms with E-state index in [-0.39, 0.29) is 0 Å². The summed E-state index contributed by atoms with van der Waals surface area (Å²) < 4.78 is 0. The normalized spacial score (nSPS) is 10.9. The van der Waals surface area contributed by atoms with Gasteiger partial charge in [0.1, 0.15) is 0 Å². The SMILES string of the molecule is CCCN(CC)c1cc2[nH]ncc2cc1N. The molecule has 0 bridgehead atoms. The molecule has 0 aliphatic carbocycles. The first-order valence-corrected chi connectivity index (χ1v) is 5.73. The van der Waals surface area contributed by atoms with Crippen molar-refractivity contribution in [2.24, 2.45) is 0 Å². The summed E-state index contributed by atoms with van der Waals surface area (Å²) in [6.07, 6.45) is 2.92. The molecule has 4 heteroatoms. The van der Waals surface area contributed by atoms with Crippen LogP contribution in [0.25, 0.3) is 10.9 Å². The Morgan fingerprint density at radius 1 is 1.38 bits per heavy atom. The summed E-state index contributed by atoms with van der Waals surface area (Å²) in [5.74, 6) is 0. The molecule has 0 aliphatic heterocycles. The van der Waals surface area contributed by atoms with Crippen LogP contribution in [0, 0.1) is 0 Å². The molecule has 0 spiro atoms. The van der Waals surface area contributed by atoms with Gasteiger partial charge in [-0.3, -0.25) is 5.10 Å². The number of nitrogen functional groups attached to an aromatic ring is 1. The van der Waals surface area contributed by atoms with E-state index in [9.17, 15) is 0 Å². The third-order valence-electron chi connectivity index (χ3n) is 2.80. The summed E-state index contributed by atoms with van der Waals surface area (Å²) >= 11 is 0. The van der Waals surface area contributed by atoms with Gasteiger partial charge in [0.25, 0.3) is 0 Å². The van der Waals surface area contributed by atoms with Gasteiger partial charge in [-0.05, 0) is 25.5 Å². The lowest BCUT2D eigenvalue weighted by Crippen LogP contribution is -2.24. The van der Waals surface area contributed by atoms with Crippen LogP contribution in [0.2, 0.25) is 0 Å². The number of aromatic nitrogens is 2. The first-order valence-electron chi connectivity index (χ1n) is 5.73. The second-order valence-electron chi connectivity index (χ2n) is 3.95. The van der Waals surface area contributed by atoms with E-state index in [0.717, 1.165) is 41.8 Å². The molecule has 0 amide bonds. The topological polar surface area (TPSA) is 57.9 Å². The molecule has 0 radical (unpaired) electrons. The lowest BCUT2D eigenvalue weighted by molar-refractivity contribution is 0.793. The highest BCUT2D eigenvalue weighted by Crippen LogP contribution is 2.28. The fourth-order valence-corrected chi connectivity index (χ4v) is 1.99. The molecule has 86 valence electrons. The summed E-state index contributed by atoms with van der Waals surface area (Å²) in [5.41, 5.74) is 9.03. The van der Waals surface area contributed by atoms with Crippen molar-refractivity contribution in [3.63, 3.8) is 0 Å². The lowest BCUT2D eigenvalue weighted by Gasteiger charge is -2.24. The van der Waals surface area contributed by atoms with Gasteiger partial charge in [0.2, 0.25) is 0 Å². The number of fused-ring (bicyclic) bond motifs is 1. The average molecular weight is 218 g/mol. The van der Waals surface area contributed by atoms with Crippen molar-refractivity contribution >= 4 is 22.3 Å². The highest BCUT2D eigenvalue weighted by atomic mass is 15.1. The monoisotopic (exact) mass is 218 g/mol. The standard InChI is InChI=1S/C12H18N4/c1-3-5-16(4-2)12-7-11-9(6-10(12)13)8-14-15-11/h6-8H,3-5,13H2,1-2H3,(H,14,15). The number of H-pyrrole nitrogens is 1. The Balaban J connectivity index is 2.44. The van der Waals surface area contributed by atoms with Gasteiger partial charge >= 0.3 is 0 Å². The Morgan fingerprint density at radius 2 is 2.19 bits per heavy atom. The molecule has 0 unspecified atom stereocenters. The highest BCUT2D eigenvalue weighted by molar-refractivity contribution is 5.88. The largest absolute Gasteiger partial charge is 0.397 e. The first-order chi connectivity index (χ1) is 7.76. The number of nitrogens with zero attached hydrogens (tertiary/aromatic N) is 2. The Labute approximate surface area is 95.4 Å². The van der Waals surface area contributed by atoms with Crippen LogP contribution in [0.3, 0.4) is 0 Å². The number of aromatic amines is 1. The van der Waals surface area contributed by atoms with Crippen molar-refractivity contribution in [2.45, 2.75) is 20.3 Å². The number of hydrogen-bond donors (Lipinski definition) is 2. The predicted octanol–water partition coefficient (Wildman–Crippen LogP) is 2.38. The van der Waals surface area contributed by atoms with E-state index in [2.05, 4.69) is 35.0 Å². The van der Waals surface area contributed by atoms with Crippen molar-refractivity contribution in [1.82, 2.24) is 10.2 Å². The quantitative estimate of drug-likeness (QED) is 0.775. The van der Waals surface area contributed by atoms with Crippen molar-refractivity contribution in [2.75, 3.05) is 23.7 Å². The number of nitrogens with two attached hydrogens (primary N) is 1. The van der Waals surface area contributed by atoms with E-state index >= 15 is 0 Å². The van der Waals surface area contributed by atoms with Gasteiger partial charge in [-0.1, -0.05) is 6.92 Å². The average Bonchev–Trinajstić information content (AvgIpc) is 2.72. The van der Waals surface area contributed by atoms with Crippen LogP contribution in [-0.2, 0) is 0 Å². The van der Waals surface area contributed by atoms with Crippen molar-refractivity contribution < 1.29 is 0 Å². The number of rotatable bonds is 4. The Kier molecular flexibility index (Phi) is 2.99. The van der Waals surface area contributed by atoms with Gasteiger partial charge in [0.15, 0.2) is 0 Å². The third-order valence-corrected chi connectivity index (χ3v) is 2.80. The van der Waals surface area contributed by atoms with Gasteiger partial charge in [0.05, 0.1) is 23.1 Å². The lowest BCUT2D eigenvalue weighted by atomic mass is 10.2. The van der Waals surface area contributed by atoms with Crippen LogP contribution in [-0.4, -0.2) is 23.3 Å². The molecular formula is C12H18N4. The van der Waals surface area contributed by atoms with E-state index < -0.39 is 0 Å². The minimum Gasteiger partial charge on any atom is -0.397 e. The van der Waals surface area contributed by atoms with Crippen LogP contribution < -0.4 is 10.6 Å². The fraction of sp³-hybridized carbons (Fsp3) is 0.417. The number of benzene rings is 1. The molecule has 1 aromatic heterocycles. The van der Waals surface area contributed by atoms with Crippen LogP contribution >= 0.6 is 0 Å². The zero-order chi connectivity index (χ0) is 11.5. The third kappa shape index (κ3) is 1.83. The van der Waals surface area contributed by atoms with E-state index in [0.29, 0.717) is 0 Å². The summed E-state index contributed by atoms with van der Waals surface area (Å²) in [4.78, 5) is 2.29. The van der Waals surface area contributed by atoms with Crippen molar-refractivity contribution in [1.29, 1.82) is 0 Å². The number of nitrogens with one attached hydrogen (secondary N) is 1. The maximum absolute atomic E-state index is 6.07. The van der Waals surface area contributed by atoms with E-state index in [1.165, 1.54) is 0 Å². The van der Waals surface area contributed by atoms with Crippen LogP contribution in [0.5, 0.6) is 0 Å². The van der Waals surface area contributed by atoms with Gasteiger partial charge in [-0.15, -0.1) is 0 Å². The molecule has 0 fully saturated rings. The smallest absolute Gasteiger partial charge is 0.0672 e. The van der Waals surface area contributed by atoms with E-state index in [4.69, 9.17) is 5.73 Å². The van der Waals surface area contributed by atoms with E-state index in [1.54, 1.807) is 6.20 Å². The minimum atomic E-state index is 0.823. The molecular weight excluding hydrogens is 200 g/mol. The summed E-state index contributed by atoms with van der Waals surface area (Å²) in [5, 5.41) is 8.06. The molecule has 4 nitrogen and oxygen atoms in total. The molecule has 16 heavy (non-hydrogen) atoms. The van der Waals surface area contributed by atoms with Gasteiger partial charge < -0.3 is 10.6 Å². The van der Waals surface area contributed by atoms with Crippen LogP contribution in [0.4, 0.5) is 11.4 Å². The summed E-state index contributed by atoms with van der Waals surface area (Å²) in [6.45, 7) is 6.32. The zero-order valence-electron chi connectivity index (χ0n) is 9.83. The maximum atomic E-state index is 6.07. The molecule has 0 saturated heterocycles. The second kappa shape index (κ2) is 4.43. The van der Waals surface area contributed by atoms with E-state index in [1.807, 2.05) is 6.07 Å². The van der Waals surface area contributed by atoms with Gasteiger partial charge in [0, 0.05) is 18.5 Å².